The Hall–Kier alpha value is -1.40. The molecule has 20 heavy (non-hydrogen) atoms. The van der Waals surface area contributed by atoms with Gasteiger partial charge in [0.05, 0.1) is 11.8 Å². The summed E-state index contributed by atoms with van der Waals surface area (Å²) in [7, 11) is 0. The number of likely N-dealkylation sites (tertiary alicyclic amines) is 1. The number of nitrogens with zero attached hydrogens (tertiary/aromatic N) is 1. The lowest BCUT2D eigenvalue weighted by atomic mass is 10.2. The molecule has 1 aromatic carbocycles. The third-order valence-corrected chi connectivity index (χ3v) is 3.30. The van der Waals surface area contributed by atoms with E-state index in [4.69, 9.17) is 0 Å². The van der Waals surface area contributed by atoms with Gasteiger partial charge in [-0.05, 0) is 38.1 Å². The Labute approximate surface area is 117 Å². The molecule has 1 aliphatic rings. The van der Waals surface area contributed by atoms with Crippen molar-refractivity contribution in [1.29, 1.82) is 0 Å². The summed E-state index contributed by atoms with van der Waals surface area (Å²) < 4.78 is 29.0. The first-order valence-corrected chi connectivity index (χ1v) is 6.83. The number of hydrogen-bond donors (Lipinski definition) is 2. The summed E-state index contributed by atoms with van der Waals surface area (Å²) in [6.07, 6.45) is 1.81. The highest BCUT2D eigenvalue weighted by molar-refractivity contribution is 5.56. The molecule has 0 aromatic heterocycles. The van der Waals surface area contributed by atoms with Crippen LogP contribution in [-0.2, 0) is 0 Å². The molecule has 112 valence electrons. The van der Waals surface area contributed by atoms with Crippen LogP contribution >= 0.6 is 0 Å². The van der Waals surface area contributed by atoms with Crippen LogP contribution in [-0.4, -0.2) is 48.9 Å². The summed E-state index contributed by atoms with van der Waals surface area (Å²) in [5.74, 6) is 0.0934. The molecule has 1 heterocycles. The maximum atomic E-state index is 12.3. The minimum Gasteiger partial charge on any atom is -0.433 e. The molecule has 1 aliphatic heterocycles. The van der Waals surface area contributed by atoms with Gasteiger partial charge in [0.15, 0.2) is 0 Å². The largest absolute Gasteiger partial charge is 0.433 e. The second kappa shape index (κ2) is 7.40. The number of aliphatic hydroxyl groups is 1. The molecule has 0 aliphatic carbocycles. The van der Waals surface area contributed by atoms with Crippen molar-refractivity contribution in [2.75, 3.05) is 31.5 Å². The lowest BCUT2D eigenvalue weighted by molar-refractivity contribution is -0.0493. The predicted molar refractivity (Wildman–Crippen MR) is 73.2 cm³/mol. The number of halogens is 2. The number of rotatable bonds is 7. The molecule has 0 amide bonds. The van der Waals surface area contributed by atoms with Crippen molar-refractivity contribution < 1.29 is 18.6 Å². The van der Waals surface area contributed by atoms with E-state index >= 15 is 0 Å². The SMILES string of the molecule is OC(CNc1ccccc1OC(F)F)CN1CCCC1. The van der Waals surface area contributed by atoms with Gasteiger partial charge in [0.1, 0.15) is 5.75 Å². The van der Waals surface area contributed by atoms with Gasteiger partial charge in [-0.3, -0.25) is 0 Å². The molecule has 0 saturated carbocycles. The maximum absolute atomic E-state index is 12.3. The van der Waals surface area contributed by atoms with E-state index in [0.29, 0.717) is 18.8 Å². The van der Waals surface area contributed by atoms with E-state index in [1.54, 1.807) is 18.2 Å². The first-order valence-electron chi connectivity index (χ1n) is 6.83. The van der Waals surface area contributed by atoms with E-state index < -0.39 is 12.7 Å². The Morgan fingerprint density at radius 2 is 1.95 bits per heavy atom. The minimum atomic E-state index is -2.85. The standard InChI is InChI=1S/C14H20F2N2O2/c15-14(16)20-13-6-2-1-5-12(13)17-9-11(19)10-18-7-3-4-8-18/h1-2,5-6,11,14,17,19H,3-4,7-10H2. The molecule has 1 fully saturated rings. The second-order valence-corrected chi connectivity index (χ2v) is 4.92. The molecule has 1 unspecified atom stereocenters. The van der Waals surface area contributed by atoms with Crippen molar-refractivity contribution in [1.82, 2.24) is 4.90 Å². The monoisotopic (exact) mass is 286 g/mol. The molecule has 0 bridgehead atoms. The van der Waals surface area contributed by atoms with E-state index in [0.717, 1.165) is 13.1 Å². The molecular formula is C14H20F2N2O2. The van der Waals surface area contributed by atoms with E-state index in [2.05, 4.69) is 15.0 Å². The van der Waals surface area contributed by atoms with Crippen LogP contribution < -0.4 is 10.1 Å². The third-order valence-electron chi connectivity index (χ3n) is 3.30. The van der Waals surface area contributed by atoms with Crippen LogP contribution in [0.4, 0.5) is 14.5 Å². The molecule has 1 aromatic rings. The summed E-state index contributed by atoms with van der Waals surface area (Å²) in [4.78, 5) is 2.20. The van der Waals surface area contributed by atoms with Crippen molar-refractivity contribution in [3.05, 3.63) is 24.3 Å². The molecule has 0 radical (unpaired) electrons. The van der Waals surface area contributed by atoms with Crippen LogP contribution in [0.15, 0.2) is 24.3 Å². The van der Waals surface area contributed by atoms with Crippen LogP contribution in [0.3, 0.4) is 0 Å². The van der Waals surface area contributed by atoms with Gasteiger partial charge in [-0.25, -0.2) is 0 Å². The molecule has 0 spiro atoms. The van der Waals surface area contributed by atoms with Crippen molar-refractivity contribution >= 4 is 5.69 Å². The predicted octanol–water partition coefficient (Wildman–Crippen LogP) is 2.16. The summed E-state index contributed by atoms with van der Waals surface area (Å²) in [5.41, 5.74) is 0.466. The van der Waals surface area contributed by atoms with Crippen LogP contribution in [0.5, 0.6) is 5.75 Å². The maximum Gasteiger partial charge on any atom is 0.387 e. The lowest BCUT2D eigenvalue weighted by Gasteiger charge is -2.20. The lowest BCUT2D eigenvalue weighted by Crippen LogP contribution is -2.34. The minimum absolute atomic E-state index is 0.0934. The van der Waals surface area contributed by atoms with Crippen LogP contribution in [0.25, 0.3) is 0 Å². The number of para-hydroxylation sites is 2. The van der Waals surface area contributed by atoms with Gasteiger partial charge >= 0.3 is 6.61 Å². The molecule has 4 nitrogen and oxygen atoms in total. The smallest absolute Gasteiger partial charge is 0.387 e. The molecule has 6 heteroatoms. The summed E-state index contributed by atoms with van der Waals surface area (Å²) in [6, 6.07) is 6.48. The number of anilines is 1. The first-order chi connectivity index (χ1) is 9.65. The van der Waals surface area contributed by atoms with Crippen molar-refractivity contribution in [3.63, 3.8) is 0 Å². The Morgan fingerprint density at radius 1 is 1.25 bits per heavy atom. The number of hydrogen-bond acceptors (Lipinski definition) is 4. The summed E-state index contributed by atoms with van der Waals surface area (Å²) in [6.45, 7) is 0.0856. The average molecular weight is 286 g/mol. The number of β-amino-alcohol motifs (C(OH)–C–C–N with tert-alkyl or cyclic N) is 1. The van der Waals surface area contributed by atoms with Gasteiger partial charge in [0, 0.05) is 13.1 Å². The van der Waals surface area contributed by atoms with E-state index in [1.165, 1.54) is 18.9 Å². The molecule has 1 atom stereocenters. The Balaban J connectivity index is 1.83. The number of aliphatic hydroxyl groups excluding tert-OH is 1. The number of benzene rings is 1. The first kappa shape index (κ1) is 15.0. The highest BCUT2D eigenvalue weighted by Crippen LogP contribution is 2.25. The van der Waals surface area contributed by atoms with Gasteiger partial charge in [-0.2, -0.15) is 8.78 Å². The Kier molecular flexibility index (Phi) is 5.55. The normalized spacial score (nSPS) is 17.4. The van der Waals surface area contributed by atoms with Crippen molar-refractivity contribution in [2.24, 2.45) is 0 Å². The number of nitrogens with one attached hydrogen (secondary N) is 1. The zero-order valence-electron chi connectivity index (χ0n) is 11.3. The van der Waals surface area contributed by atoms with Gasteiger partial charge in [-0.15, -0.1) is 0 Å². The quantitative estimate of drug-likeness (QED) is 0.806. The second-order valence-electron chi connectivity index (χ2n) is 4.92. The molecule has 2 N–H and O–H groups in total. The molecule has 2 rings (SSSR count). The average Bonchev–Trinajstić information content (AvgIpc) is 2.90. The fraction of sp³-hybridized carbons (Fsp3) is 0.571. The van der Waals surface area contributed by atoms with Crippen LogP contribution in [0, 0.1) is 0 Å². The fourth-order valence-electron chi connectivity index (χ4n) is 2.37. The summed E-state index contributed by atoms with van der Waals surface area (Å²) >= 11 is 0. The van der Waals surface area contributed by atoms with E-state index in [-0.39, 0.29) is 5.75 Å². The van der Waals surface area contributed by atoms with Crippen LogP contribution in [0.1, 0.15) is 12.8 Å². The van der Waals surface area contributed by atoms with Gasteiger partial charge in [-0.1, -0.05) is 12.1 Å². The molecule has 1 saturated heterocycles. The van der Waals surface area contributed by atoms with Gasteiger partial charge in [0.2, 0.25) is 0 Å². The zero-order valence-corrected chi connectivity index (χ0v) is 11.3. The topological polar surface area (TPSA) is 44.7 Å². The van der Waals surface area contributed by atoms with Crippen molar-refractivity contribution in [2.45, 2.75) is 25.6 Å². The van der Waals surface area contributed by atoms with Crippen molar-refractivity contribution in [3.8, 4) is 5.75 Å². The van der Waals surface area contributed by atoms with E-state index in [1.807, 2.05) is 0 Å². The zero-order chi connectivity index (χ0) is 14.4. The molecular weight excluding hydrogens is 266 g/mol. The number of alkyl halides is 2. The highest BCUT2D eigenvalue weighted by atomic mass is 19.3. The van der Waals surface area contributed by atoms with Gasteiger partial charge < -0.3 is 20.1 Å². The van der Waals surface area contributed by atoms with Gasteiger partial charge in [0.25, 0.3) is 0 Å². The third kappa shape index (κ3) is 4.61. The van der Waals surface area contributed by atoms with E-state index in [9.17, 15) is 13.9 Å². The Bertz CT molecular complexity index is 412. The van der Waals surface area contributed by atoms with Crippen LogP contribution in [0.2, 0.25) is 0 Å². The summed E-state index contributed by atoms with van der Waals surface area (Å²) in [5, 5.41) is 12.9. The fourth-order valence-corrected chi connectivity index (χ4v) is 2.37. The number of ether oxygens (including phenoxy) is 1. The highest BCUT2D eigenvalue weighted by Gasteiger charge is 2.16. The Morgan fingerprint density at radius 3 is 2.65 bits per heavy atom.